The van der Waals surface area contributed by atoms with Crippen LogP contribution in [-0.4, -0.2) is 30.9 Å². The van der Waals surface area contributed by atoms with Gasteiger partial charge in [-0.25, -0.2) is 9.79 Å². The fraction of sp³-hybridized carbons (Fsp3) is 0.161. The Bertz CT molecular complexity index is 1800. The van der Waals surface area contributed by atoms with Crippen LogP contribution in [0.25, 0.3) is 11.8 Å². The number of methoxy groups -OCH3 is 1. The Hall–Kier alpha value is -4.94. The molecule has 3 aromatic carbocycles. The average molecular weight is 552 g/mol. The first-order valence-electron chi connectivity index (χ1n) is 12.6. The molecule has 0 spiro atoms. The third-order valence-electron chi connectivity index (χ3n) is 6.26. The molecule has 0 unspecified atom stereocenters. The lowest BCUT2D eigenvalue weighted by molar-refractivity contribution is -0.138. The molecule has 200 valence electrons. The van der Waals surface area contributed by atoms with Crippen LogP contribution >= 0.6 is 11.3 Å². The number of thiazole rings is 1. The molecule has 0 amide bonds. The normalized spacial score (nSPS) is 14.6. The summed E-state index contributed by atoms with van der Waals surface area (Å²) in [5.41, 5.74) is 2.64. The van der Waals surface area contributed by atoms with E-state index >= 15 is 0 Å². The molecular formula is C31H25N3O5S. The van der Waals surface area contributed by atoms with Gasteiger partial charge in [-0.3, -0.25) is 9.36 Å². The highest BCUT2D eigenvalue weighted by molar-refractivity contribution is 7.07. The molecule has 1 aliphatic rings. The van der Waals surface area contributed by atoms with Crippen LogP contribution in [0.4, 0.5) is 0 Å². The second kappa shape index (κ2) is 11.8. The number of esters is 1. The van der Waals surface area contributed by atoms with Crippen molar-refractivity contribution in [3.63, 3.8) is 0 Å². The molecule has 5 rings (SSSR count). The number of rotatable bonds is 8. The van der Waals surface area contributed by atoms with Crippen LogP contribution in [0.3, 0.4) is 0 Å². The number of fused-ring (bicyclic) bond motifs is 1. The first-order valence-corrected chi connectivity index (χ1v) is 13.4. The second-order valence-electron chi connectivity index (χ2n) is 8.72. The smallest absolute Gasteiger partial charge is 0.338 e. The lowest BCUT2D eigenvalue weighted by Gasteiger charge is -2.26. The molecule has 0 saturated carbocycles. The summed E-state index contributed by atoms with van der Waals surface area (Å²) >= 11 is 1.24. The molecule has 0 saturated heterocycles. The third kappa shape index (κ3) is 5.30. The van der Waals surface area contributed by atoms with Gasteiger partial charge in [0.1, 0.15) is 17.6 Å². The van der Waals surface area contributed by atoms with Crippen molar-refractivity contribution in [2.45, 2.75) is 13.0 Å². The molecule has 1 aliphatic heterocycles. The summed E-state index contributed by atoms with van der Waals surface area (Å²) in [6.07, 6.45) is 1.75. The number of carbonyl (C=O) groups is 1. The van der Waals surface area contributed by atoms with Gasteiger partial charge in [-0.05, 0) is 48.4 Å². The van der Waals surface area contributed by atoms with Crippen molar-refractivity contribution in [3.05, 3.63) is 121 Å². The van der Waals surface area contributed by atoms with Crippen LogP contribution in [0.15, 0.2) is 94.2 Å². The quantitative estimate of drug-likeness (QED) is 0.308. The van der Waals surface area contributed by atoms with Gasteiger partial charge in [0.15, 0.2) is 11.4 Å². The minimum atomic E-state index is -0.774. The van der Waals surface area contributed by atoms with E-state index in [2.05, 4.69) is 0 Å². The van der Waals surface area contributed by atoms with Crippen molar-refractivity contribution in [2.75, 3.05) is 20.3 Å². The minimum Gasteiger partial charge on any atom is -0.497 e. The van der Waals surface area contributed by atoms with Gasteiger partial charge in [0, 0.05) is 5.56 Å². The van der Waals surface area contributed by atoms with Crippen LogP contribution in [0.1, 0.15) is 29.7 Å². The minimum absolute atomic E-state index is 0.0770. The van der Waals surface area contributed by atoms with Crippen LogP contribution in [-0.2, 0) is 9.53 Å². The molecule has 1 aromatic heterocycles. The maximum Gasteiger partial charge on any atom is 0.338 e. The summed E-state index contributed by atoms with van der Waals surface area (Å²) in [5.74, 6) is 0.636. The predicted molar refractivity (Wildman–Crippen MR) is 152 cm³/mol. The summed E-state index contributed by atoms with van der Waals surface area (Å²) in [5, 5.41) is 8.83. The summed E-state index contributed by atoms with van der Waals surface area (Å²) < 4.78 is 18.2. The highest BCUT2D eigenvalue weighted by Crippen LogP contribution is 2.35. The highest BCUT2D eigenvalue weighted by Gasteiger charge is 2.35. The zero-order valence-electron chi connectivity index (χ0n) is 21.9. The van der Waals surface area contributed by atoms with E-state index in [4.69, 9.17) is 24.5 Å². The first-order chi connectivity index (χ1) is 19.5. The van der Waals surface area contributed by atoms with Gasteiger partial charge in [-0.2, -0.15) is 5.26 Å². The monoisotopic (exact) mass is 551 g/mol. The van der Waals surface area contributed by atoms with Crippen LogP contribution in [0.2, 0.25) is 0 Å². The van der Waals surface area contributed by atoms with E-state index < -0.39 is 12.0 Å². The molecule has 9 heteroatoms. The molecule has 0 radical (unpaired) electrons. The molecular weight excluding hydrogens is 526 g/mol. The number of nitriles is 1. The van der Waals surface area contributed by atoms with Gasteiger partial charge >= 0.3 is 5.97 Å². The fourth-order valence-corrected chi connectivity index (χ4v) is 5.50. The topological polar surface area (TPSA) is 103 Å². The number of aromatic nitrogens is 1. The van der Waals surface area contributed by atoms with Crippen molar-refractivity contribution < 1.29 is 19.0 Å². The first kappa shape index (κ1) is 26.7. The van der Waals surface area contributed by atoms with E-state index in [9.17, 15) is 9.59 Å². The maximum atomic E-state index is 14.0. The van der Waals surface area contributed by atoms with Crippen LogP contribution in [0.5, 0.6) is 11.5 Å². The second-order valence-corrected chi connectivity index (χ2v) is 9.73. The molecule has 0 fully saturated rings. The molecule has 0 aliphatic carbocycles. The summed E-state index contributed by atoms with van der Waals surface area (Å²) in [7, 11) is 1.58. The molecule has 2 heterocycles. The van der Waals surface area contributed by atoms with Gasteiger partial charge in [-0.1, -0.05) is 65.9 Å². The lowest BCUT2D eigenvalue weighted by atomic mass is 9.93. The molecule has 8 nitrogen and oxygen atoms in total. The van der Waals surface area contributed by atoms with Crippen LogP contribution in [0, 0.1) is 11.3 Å². The van der Waals surface area contributed by atoms with Crippen molar-refractivity contribution in [2.24, 2.45) is 4.99 Å². The standard InChI is InChI=1S/C31H25N3O5S/c1-3-38-30(36)26-27(21-9-5-4-6-10-21)33-31-34(28(26)22-12-14-23(37-2)15-13-22)29(35)25(40-31)19-20-8-7-11-24(18-20)39-17-16-32/h4-15,18-19,28H,3,17H2,1-2H3/b25-19-/t28-/m0/s1. The van der Waals surface area contributed by atoms with Crippen molar-refractivity contribution >= 4 is 29.1 Å². The van der Waals surface area contributed by atoms with Crippen molar-refractivity contribution in [1.29, 1.82) is 5.26 Å². The summed E-state index contributed by atoms with van der Waals surface area (Å²) in [6, 6.07) is 25.0. The predicted octanol–water partition coefficient (Wildman–Crippen LogP) is 3.85. The van der Waals surface area contributed by atoms with E-state index in [1.807, 2.05) is 54.6 Å². The fourth-order valence-electron chi connectivity index (χ4n) is 4.50. The van der Waals surface area contributed by atoms with Gasteiger partial charge < -0.3 is 14.2 Å². The molecule has 1 atom stereocenters. The third-order valence-corrected chi connectivity index (χ3v) is 7.25. The maximum absolute atomic E-state index is 14.0. The number of hydrogen-bond donors (Lipinski definition) is 0. The molecule has 40 heavy (non-hydrogen) atoms. The number of nitrogens with zero attached hydrogens (tertiary/aromatic N) is 3. The van der Waals surface area contributed by atoms with E-state index in [0.29, 0.717) is 32.1 Å². The van der Waals surface area contributed by atoms with Gasteiger partial charge in [0.25, 0.3) is 5.56 Å². The Kier molecular flexibility index (Phi) is 7.89. The summed E-state index contributed by atoms with van der Waals surface area (Å²) in [6.45, 7) is 1.84. The van der Waals surface area contributed by atoms with E-state index in [0.717, 1.165) is 11.1 Å². The van der Waals surface area contributed by atoms with E-state index in [1.54, 1.807) is 55.0 Å². The zero-order chi connectivity index (χ0) is 28.1. The Labute approximate surface area is 234 Å². The van der Waals surface area contributed by atoms with Gasteiger partial charge in [0.05, 0.1) is 35.6 Å². The number of benzene rings is 3. The van der Waals surface area contributed by atoms with E-state index in [1.165, 1.54) is 11.3 Å². The van der Waals surface area contributed by atoms with Crippen molar-refractivity contribution in [1.82, 2.24) is 4.57 Å². The van der Waals surface area contributed by atoms with Gasteiger partial charge in [0.2, 0.25) is 0 Å². The van der Waals surface area contributed by atoms with Crippen molar-refractivity contribution in [3.8, 4) is 17.6 Å². The highest BCUT2D eigenvalue weighted by atomic mass is 32.1. The Morgan fingerprint density at radius 1 is 1.07 bits per heavy atom. The molecule has 4 aromatic rings. The number of ether oxygens (including phenoxy) is 3. The SMILES string of the molecule is CCOC(=O)C1=C(c2ccccc2)N=c2s/c(=C\c3cccc(OCC#N)c3)c(=O)n2[C@H]1c1ccc(OC)cc1. The molecule has 0 bridgehead atoms. The Morgan fingerprint density at radius 3 is 2.55 bits per heavy atom. The van der Waals surface area contributed by atoms with Crippen LogP contribution < -0.4 is 24.4 Å². The average Bonchev–Trinajstić information content (AvgIpc) is 3.30. The Morgan fingerprint density at radius 2 is 1.85 bits per heavy atom. The zero-order valence-corrected chi connectivity index (χ0v) is 22.7. The lowest BCUT2D eigenvalue weighted by Crippen LogP contribution is -2.40. The number of carbonyl (C=O) groups excluding carboxylic acids is 1. The molecule has 0 N–H and O–H groups in total. The number of hydrogen-bond acceptors (Lipinski definition) is 8. The van der Waals surface area contributed by atoms with E-state index in [-0.39, 0.29) is 24.3 Å². The Balaban J connectivity index is 1.76. The largest absolute Gasteiger partial charge is 0.497 e. The van der Waals surface area contributed by atoms with Gasteiger partial charge in [-0.15, -0.1) is 0 Å². The summed E-state index contributed by atoms with van der Waals surface area (Å²) in [4.78, 5) is 32.8.